The zero-order valence-electron chi connectivity index (χ0n) is 14.4. The highest BCUT2D eigenvalue weighted by molar-refractivity contribution is 6.28. The van der Waals surface area contributed by atoms with E-state index in [9.17, 15) is 0 Å². The molecule has 26 heavy (non-hydrogen) atoms. The number of imidazole rings is 1. The minimum absolute atomic E-state index is 0.224. The number of hydrogen-bond donors (Lipinski definition) is 0. The molecule has 0 saturated carbocycles. The Bertz CT molecular complexity index is 973. The van der Waals surface area contributed by atoms with Crippen LogP contribution in [0.25, 0.3) is 11.2 Å². The lowest BCUT2D eigenvalue weighted by Crippen LogP contribution is -2.24. The first kappa shape index (κ1) is 16.5. The fourth-order valence-electron chi connectivity index (χ4n) is 3.00. The number of anilines is 1. The quantitative estimate of drug-likeness (QED) is 0.498. The van der Waals surface area contributed by atoms with Gasteiger partial charge in [0.1, 0.15) is 0 Å². The van der Waals surface area contributed by atoms with Crippen LogP contribution in [-0.2, 0) is 20.1 Å². The van der Waals surface area contributed by atoms with Crippen molar-refractivity contribution in [2.24, 2.45) is 7.05 Å². The SMILES string of the molecule is Cn1cnc2c(N(Cc3ccccc3)Cc3ccccc3)nc(Cl)nc21. The highest BCUT2D eigenvalue weighted by atomic mass is 35.5. The molecule has 0 amide bonds. The fraction of sp³-hybridized carbons (Fsp3) is 0.150. The first-order chi connectivity index (χ1) is 12.7. The van der Waals surface area contributed by atoms with Gasteiger partial charge in [0.2, 0.25) is 5.28 Å². The summed E-state index contributed by atoms with van der Waals surface area (Å²) in [6, 6.07) is 20.6. The molecule has 2 aromatic heterocycles. The Morgan fingerprint density at radius 3 is 2.04 bits per heavy atom. The Morgan fingerprint density at radius 1 is 0.885 bits per heavy atom. The summed E-state index contributed by atoms with van der Waals surface area (Å²) in [4.78, 5) is 15.5. The van der Waals surface area contributed by atoms with Crippen LogP contribution in [0.15, 0.2) is 67.0 Å². The molecular weight excluding hydrogens is 346 g/mol. The van der Waals surface area contributed by atoms with Crippen molar-refractivity contribution >= 4 is 28.6 Å². The van der Waals surface area contributed by atoms with Gasteiger partial charge in [0, 0.05) is 20.1 Å². The van der Waals surface area contributed by atoms with Crippen molar-refractivity contribution in [3.05, 3.63) is 83.4 Å². The maximum absolute atomic E-state index is 6.21. The van der Waals surface area contributed by atoms with E-state index in [1.54, 1.807) is 6.33 Å². The van der Waals surface area contributed by atoms with Crippen molar-refractivity contribution in [3.8, 4) is 0 Å². The number of fused-ring (bicyclic) bond motifs is 1. The van der Waals surface area contributed by atoms with Crippen molar-refractivity contribution < 1.29 is 0 Å². The molecule has 0 spiro atoms. The minimum atomic E-state index is 0.224. The van der Waals surface area contributed by atoms with Gasteiger partial charge in [-0.15, -0.1) is 0 Å². The van der Waals surface area contributed by atoms with Crippen molar-refractivity contribution in [1.82, 2.24) is 19.5 Å². The number of nitrogens with zero attached hydrogens (tertiary/aromatic N) is 5. The van der Waals surface area contributed by atoms with Crippen LogP contribution >= 0.6 is 11.6 Å². The van der Waals surface area contributed by atoms with Crippen LogP contribution in [0.4, 0.5) is 5.82 Å². The number of benzene rings is 2. The van der Waals surface area contributed by atoms with Crippen LogP contribution in [0.3, 0.4) is 0 Å². The van der Waals surface area contributed by atoms with E-state index in [0.29, 0.717) is 13.1 Å². The fourth-order valence-corrected chi connectivity index (χ4v) is 3.16. The van der Waals surface area contributed by atoms with E-state index >= 15 is 0 Å². The van der Waals surface area contributed by atoms with Gasteiger partial charge in [-0.2, -0.15) is 9.97 Å². The minimum Gasteiger partial charge on any atom is -0.346 e. The summed E-state index contributed by atoms with van der Waals surface area (Å²) in [7, 11) is 1.90. The van der Waals surface area contributed by atoms with Gasteiger partial charge in [0.15, 0.2) is 17.0 Å². The third kappa shape index (κ3) is 3.39. The molecule has 4 rings (SSSR count). The van der Waals surface area contributed by atoms with Gasteiger partial charge in [-0.1, -0.05) is 60.7 Å². The summed E-state index contributed by atoms with van der Waals surface area (Å²) in [6.07, 6.45) is 1.74. The molecule has 0 unspecified atom stereocenters. The number of rotatable bonds is 5. The molecule has 0 aliphatic heterocycles. The number of aromatic nitrogens is 4. The standard InChI is InChI=1S/C20H18ClN5/c1-25-14-22-17-18(25)23-20(21)24-19(17)26(12-15-8-4-2-5-9-15)13-16-10-6-3-7-11-16/h2-11,14H,12-13H2,1H3. The Kier molecular flexibility index (Phi) is 4.54. The maximum atomic E-state index is 6.21. The number of hydrogen-bond acceptors (Lipinski definition) is 4. The molecule has 6 heteroatoms. The zero-order valence-corrected chi connectivity index (χ0v) is 15.1. The summed E-state index contributed by atoms with van der Waals surface area (Å²) in [5.41, 5.74) is 3.87. The molecule has 130 valence electrons. The highest BCUT2D eigenvalue weighted by Crippen LogP contribution is 2.26. The van der Waals surface area contributed by atoms with Crippen LogP contribution in [-0.4, -0.2) is 19.5 Å². The lowest BCUT2D eigenvalue weighted by Gasteiger charge is -2.24. The molecule has 0 fully saturated rings. The molecule has 4 aromatic rings. The molecule has 5 nitrogen and oxygen atoms in total. The van der Waals surface area contributed by atoms with E-state index in [0.717, 1.165) is 17.0 Å². The van der Waals surface area contributed by atoms with Gasteiger partial charge in [-0.05, 0) is 22.7 Å². The zero-order chi connectivity index (χ0) is 17.9. The van der Waals surface area contributed by atoms with Gasteiger partial charge < -0.3 is 9.47 Å². The summed E-state index contributed by atoms with van der Waals surface area (Å²) in [5, 5.41) is 0.224. The molecule has 0 aliphatic carbocycles. The summed E-state index contributed by atoms with van der Waals surface area (Å²) >= 11 is 6.21. The molecular formula is C20H18ClN5. The van der Waals surface area contributed by atoms with Crippen molar-refractivity contribution in [3.63, 3.8) is 0 Å². The molecule has 0 atom stereocenters. The van der Waals surface area contributed by atoms with Crippen LogP contribution in [0.1, 0.15) is 11.1 Å². The molecule has 0 bridgehead atoms. The van der Waals surface area contributed by atoms with E-state index in [4.69, 9.17) is 11.6 Å². The van der Waals surface area contributed by atoms with E-state index in [-0.39, 0.29) is 5.28 Å². The van der Waals surface area contributed by atoms with Crippen LogP contribution in [0, 0.1) is 0 Å². The molecule has 0 radical (unpaired) electrons. The van der Waals surface area contributed by atoms with E-state index in [1.807, 2.05) is 48.0 Å². The average molecular weight is 364 g/mol. The van der Waals surface area contributed by atoms with Gasteiger partial charge in [0.25, 0.3) is 0 Å². The first-order valence-electron chi connectivity index (χ1n) is 8.38. The Hall–Kier alpha value is -2.92. The number of aryl methyl sites for hydroxylation is 1. The van der Waals surface area contributed by atoms with Crippen molar-refractivity contribution in [2.45, 2.75) is 13.1 Å². The van der Waals surface area contributed by atoms with Gasteiger partial charge in [0.05, 0.1) is 6.33 Å². The second kappa shape index (κ2) is 7.14. The topological polar surface area (TPSA) is 46.8 Å². The monoisotopic (exact) mass is 363 g/mol. The lowest BCUT2D eigenvalue weighted by atomic mass is 10.1. The van der Waals surface area contributed by atoms with E-state index in [2.05, 4.69) is 44.1 Å². The van der Waals surface area contributed by atoms with Gasteiger partial charge >= 0.3 is 0 Å². The second-order valence-electron chi connectivity index (χ2n) is 6.17. The summed E-state index contributed by atoms with van der Waals surface area (Å²) in [5.74, 6) is 0.744. The lowest BCUT2D eigenvalue weighted by molar-refractivity contribution is 0.784. The smallest absolute Gasteiger partial charge is 0.226 e. The summed E-state index contributed by atoms with van der Waals surface area (Å²) in [6.45, 7) is 1.41. The van der Waals surface area contributed by atoms with Crippen molar-refractivity contribution in [2.75, 3.05) is 4.90 Å². The predicted molar refractivity (Wildman–Crippen MR) is 104 cm³/mol. The highest BCUT2D eigenvalue weighted by Gasteiger charge is 2.18. The van der Waals surface area contributed by atoms with Crippen molar-refractivity contribution in [1.29, 1.82) is 0 Å². The molecule has 0 N–H and O–H groups in total. The maximum Gasteiger partial charge on any atom is 0.226 e. The average Bonchev–Trinajstić information content (AvgIpc) is 3.03. The van der Waals surface area contributed by atoms with Gasteiger partial charge in [-0.25, -0.2) is 4.98 Å². The Morgan fingerprint density at radius 2 is 1.46 bits per heavy atom. The second-order valence-corrected chi connectivity index (χ2v) is 6.51. The Balaban J connectivity index is 1.79. The van der Waals surface area contributed by atoms with Gasteiger partial charge in [-0.3, -0.25) is 0 Å². The molecule has 0 saturated heterocycles. The first-order valence-corrected chi connectivity index (χ1v) is 8.76. The van der Waals surface area contributed by atoms with Crippen LogP contribution < -0.4 is 4.90 Å². The third-order valence-electron chi connectivity index (χ3n) is 4.25. The van der Waals surface area contributed by atoms with Crippen LogP contribution in [0.2, 0.25) is 5.28 Å². The van der Waals surface area contributed by atoms with E-state index < -0.39 is 0 Å². The van der Waals surface area contributed by atoms with E-state index in [1.165, 1.54) is 11.1 Å². The normalized spacial score (nSPS) is 11.0. The third-order valence-corrected chi connectivity index (χ3v) is 4.42. The molecule has 2 heterocycles. The predicted octanol–water partition coefficient (Wildman–Crippen LogP) is 4.22. The Labute approximate surface area is 156 Å². The summed E-state index contributed by atoms with van der Waals surface area (Å²) < 4.78 is 1.86. The largest absolute Gasteiger partial charge is 0.346 e. The van der Waals surface area contributed by atoms with Crippen LogP contribution in [0.5, 0.6) is 0 Å². The molecule has 2 aromatic carbocycles. The number of halogens is 1. The molecule has 0 aliphatic rings.